The second-order valence-electron chi connectivity index (χ2n) is 3.53. The van der Waals surface area contributed by atoms with Crippen molar-refractivity contribution in [2.75, 3.05) is 6.61 Å². The maximum atomic E-state index is 10.8. The van der Waals surface area contributed by atoms with Gasteiger partial charge in [-0.2, -0.15) is 0 Å². The number of carboxylic acid groups (broad SMARTS) is 1. The van der Waals surface area contributed by atoms with Crippen molar-refractivity contribution in [2.45, 2.75) is 18.7 Å². The van der Waals surface area contributed by atoms with Crippen LogP contribution in [0.1, 0.15) is 12.5 Å². The van der Waals surface area contributed by atoms with Crippen molar-refractivity contribution in [3.05, 3.63) is 33.9 Å². The van der Waals surface area contributed by atoms with Gasteiger partial charge in [-0.15, -0.1) is 11.6 Å². The minimum atomic E-state index is -1.24. The van der Waals surface area contributed by atoms with E-state index in [-0.39, 0.29) is 18.0 Å². The number of nitrogens with zero attached hydrogens (tertiary/aromatic N) is 1. The summed E-state index contributed by atoms with van der Waals surface area (Å²) >= 11 is 5.46. The van der Waals surface area contributed by atoms with Crippen LogP contribution >= 0.6 is 11.6 Å². The number of hydrogen-bond donors (Lipinski definition) is 1. The summed E-state index contributed by atoms with van der Waals surface area (Å²) in [6.07, 6.45) is 0.661. The summed E-state index contributed by atoms with van der Waals surface area (Å²) in [6.45, 7) is 1.54. The number of aliphatic carboxylic acids is 1. The van der Waals surface area contributed by atoms with Crippen LogP contribution < -0.4 is 4.74 Å². The lowest BCUT2D eigenvalue weighted by Gasteiger charge is -2.09. The van der Waals surface area contributed by atoms with E-state index in [4.69, 9.17) is 21.4 Å². The highest BCUT2D eigenvalue weighted by molar-refractivity contribution is 6.29. The van der Waals surface area contributed by atoms with Gasteiger partial charge in [-0.25, -0.2) is 0 Å². The molecule has 1 aromatic rings. The molecule has 0 aliphatic heterocycles. The summed E-state index contributed by atoms with van der Waals surface area (Å²) in [5, 5.41) is 18.2. The first kappa shape index (κ1) is 14.2. The molecule has 1 atom stereocenters. The van der Waals surface area contributed by atoms with Gasteiger partial charge in [0.25, 0.3) is 0 Å². The molecule has 0 spiro atoms. The van der Waals surface area contributed by atoms with Crippen molar-refractivity contribution in [1.82, 2.24) is 0 Å². The number of alkyl halides is 1. The van der Waals surface area contributed by atoms with Gasteiger partial charge in [-0.3, -0.25) is 14.9 Å². The molecule has 0 bridgehead atoms. The number of carbonyl (C=O) groups is 1. The monoisotopic (exact) mass is 273 g/mol. The first-order chi connectivity index (χ1) is 8.45. The van der Waals surface area contributed by atoms with Crippen LogP contribution in [0.3, 0.4) is 0 Å². The Bertz CT molecular complexity index is 463. The molecule has 0 aliphatic carbocycles. The van der Waals surface area contributed by atoms with Crippen LogP contribution in [0.25, 0.3) is 0 Å². The molecule has 0 aromatic heterocycles. The van der Waals surface area contributed by atoms with Crippen LogP contribution in [0, 0.1) is 10.1 Å². The minimum absolute atomic E-state index is 0.0177. The molecule has 0 radical (unpaired) electrons. The van der Waals surface area contributed by atoms with Gasteiger partial charge in [0, 0.05) is 6.07 Å². The molecule has 1 aromatic carbocycles. The molecule has 1 unspecified atom stereocenters. The lowest BCUT2D eigenvalue weighted by molar-refractivity contribution is -0.385. The Morgan fingerprint density at radius 2 is 2.28 bits per heavy atom. The third-order valence-electron chi connectivity index (χ3n) is 2.28. The Hall–Kier alpha value is -1.82. The van der Waals surface area contributed by atoms with Crippen molar-refractivity contribution < 1.29 is 19.6 Å². The lowest BCUT2D eigenvalue weighted by Crippen LogP contribution is -2.21. The van der Waals surface area contributed by atoms with Gasteiger partial charge in [0.2, 0.25) is 0 Å². The number of carboxylic acids is 1. The summed E-state index contributed by atoms with van der Waals surface area (Å²) in [4.78, 5) is 20.8. The highest BCUT2D eigenvalue weighted by Gasteiger charge is 2.19. The van der Waals surface area contributed by atoms with Crippen molar-refractivity contribution in [1.29, 1.82) is 0 Å². The van der Waals surface area contributed by atoms with E-state index in [0.29, 0.717) is 6.42 Å². The van der Waals surface area contributed by atoms with E-state index in [1.807, 2.05) is 6.92 Å². The molecule has 1 N–H and O–H groups in total. The third kappa shape index (κ3) is 3.59. The lowest BCUT2D eigenvalue weighted by atomic mass is 10.1. The summed E-state index contributed by atoms with van der Waals surface area (Å²) in [5.74, 6) is -1.21. The summed E-state index contributed by atoms with van der Waals surface area (Å²) in [7, 11) is 0. The van der Waals surface area contributed by atoms with Gasteiger partial charge in [0.05, 0.1) is 4.92 Å². The molecular weight excluding hydrogens is 262 g/mol. The number of benzene rings is 1. The van der Waals surface area contributed by atoms with E-state index in [1.165, 1.54) is 12.1 Å². The van der Waals surface area contributed by atoms with Gasteiger partial charge in [0.1, 0.15) is 6.61 Å². The molecule has 98 valence electrons. The average Bonchev–Trinajstić information content (AvgIpc) is 2.35. The van der Waals surface area contributed by atoms with Crippen LogP contribution in [0.2, 0.25) is 0 Å². The standard InChI is InChI=1S/C11H12ClNO5/c1-2-7-3-4-10(9(5-7)13(16)17)18-6-8(12)11(14)15/h3-5,8H,2,6H2,1H3,(H,14,15). The molecule has 0 amide bonds. The molecule has 0 saturated heterocycles. The SMILES string of the molecule is CCc1ccc(OCC(Cl)C(=O)O)c([N+](=O)[O-])c1. The number of nitro groups is 1. The van der Waals surface area contributed by atoms with Gasteiger partial charge in [-0.1, -0.05) is 13.0 Å². The van der Waals surface area contributed by atoms with Gasteiger partial charge in [0.15, 0.2) is 11.1 Å². The zero-order valence-electron chi connectivity index (χ0n) is 9.63. The van der Waals surface area contributed by atoms with Crippen LogP contribution in [0.5, 0.6) is 5.75 Å². The summed E-state index contributed by atoms with van der Waals surface area (Å²) in [6, 6.07) is 4.54. The topological polar surface area (TPSA) is 89.7 Å². The van der Waals surface area contributed by atoms with Crippen LogP contribution in [0.4, 0.5) is 5.69 Å². The minimum Gasteiger partial charge on any atom is -0.485 e. The Balaban J connectivity index is 2.88. The van der Waals surface area contributed by atoms with Crippen LogP contribution in [-0.2, 0) is 11.2 Å². The second-order valence-corrected chi connectivity index (χ2v) is 4.06. The number of rotatable bonds is 6. The van der Waals surface area contributed by atoms with E-state index in [0.717, 1.165) is 5.56 Å². The van der Waals surface area contributed by atoms with E-state index in [9.17, 15) is 14.9 Å². The number of ether oxygens (including phenoxy) is 1. The second kappa shape index (κ2) is 6.20. The average molecular weight is 274 g/mol. The van der Waals surface area contributed by atoms with Crippen molar-refractivity contribution in [2.24, 2.45) is 0 Å². The fourth-order valence-electron chi connectivity index (χ4n) is 1.28. The Morgan fingerprint density at radius 3 is 2.78 bits per heavy atom. The molecule has 0 fully saturated rings. The first-order valence-electron chi connectivity index (χ1n) is 5.22. The fraction of sp³-hybridized carbons (Fsp3) is 0.364. The predicted molar refractivity (Wildman–Crippen MR) is 65.2 cm³/mol. The predicted octanol–water partition coefficient (Wildman–Crippen LogP) is 2.23. The molecular formula is C11H12ClNO5. The van der Waals surface area contributed by atoms with Crippen molar-refractivity contribution in [3.63, 3.8) is 0 Å². The maximum absolute atomic E-state index is 10.8. The van der Waals surface area contributed by atoms with Crippen LogP contribution in [-0.4, -0.2) is 28.0 Å². The number of halogens is 1. The van der Waals surface area contributed by atoms with Crippen molar-refractivity contribution >= 4 is 23.3 Å². The Morgan fingerprint density at radius 1 is 1.61 bits per heavy atom. The highest BCUT2D eigenvalue weighted by Crippen LogP contribution is 2.28. The zero-order valence-corrected chi connectivity index (χ0v) is 10.4. The molecule has 7 heteroatoms. The first-order valence-corrected chi connectivity index (χ1v) is 5.66. The van der Waals surface area contributed by atoms with Gasteiger partial charge in [-0.05, 0) is 18.1 Å². The quantitative estimate of drug-likeness (QED) is 0.488. The molecule has 18 heavy (non-hydrogen) atoms. The number of aryl methyl sites for hydroxylation is 1. The van der Waals surface area contributed by atoms with E-state index < -0.39 is 16.3 Å². The zero-order chi connectivity index (χ0) is 13.7. The van der Waals surface area contributed by atoms with Gasteiger partial charge < -0.3 is 9.84 Å². The Labute approximate surface area is 108 Å². The normalized spacial score (nSPS) is 11.9. The molecule has 1 rings (SSSR count). The van der Waals surface area contributed by atoms with Gasteiger partial charge >= 0.3 is 11.7 Å². The summed E-state index contributed by atoms with van der Waals surface area (Å²) < 4.78 is 5.07. The maximum Gasteiger partial charge on any atom is 0.325 e. The molecule has 0 saturated carbocycles. The number of hydrogen-bond acceptors (Lipinski definition) is 4. The van der Waals surface area contributed by atoms with E-state index in [2.05, 4.69) is 0 Å². The van der Waals surface area contributed by atoms with Crippen LogP contribution in [0.15, 0.2) is 18.2 Å². The molecule has 0 heterocycles. The molecule has 6 nitrogen and oxygen atoms in total. The van der Waals surface area contributed by atoms with E-state index in [1.54, 1.807) is 6.07 Å². The highest BCUT2D eigenvalue weighted by atomic mass is 35.5. The largest absolute Gasteiger partial charge is 0.485 e. The smallest absolute Gasteiger partial charge is 0.325 e. The fourth-order valence-corrected chi connectivity index (χ4v) is 1.34. The molecule has 0 aliphatic rings. The third-order valence-corrected chi connectivity index (χ3v) is 2.59. The van der Waals surface area contributed by atoms with E-state index >= 15 is 0 Å². The number of nitro benzene ring substituents is 1. The Kier molecular flexibility index (Phi) is 4.91. The summed E-state index contributed by atoms with van der Waals surface area (Å²) in [5.41, 5.74) is 0.610. The van der Waals surface area contributed by atoms with Crippen molar-refractivity contribution in [3.8, 4) is 5.75 Å².